The maximum atomic E-state index is 11.8. The highest BCUT2D eigenvalue weighted by atomic mass is 32.2. The summed E-state index contributed by atoms with van der Waals surface area (Å²) in [5, 5.41) is 0. The second kappa shape index (κ2) is 6.77. The number of hydrogen-bond donors (Lipinski definition) is 0. The standard InChI is InChI=1S/C13H17NOS2/c1-10-4-6-11(7-5-10)12(15)8-9-17-13(16)14(2)3/h4-7H,8-9H2,1-3H3. The molecule has 4 heteroatoms. The van der Waals surface area contributed by atoms with Crippen LogP contribution in [0.5, 0.6) is 0 Å². The molecule has 1 aromatic carbocycles. The van der Waals surface area contributed by atoms with Crippen LogP contribution in [-0.2, 0) is 0 Å². The fraction of sp³-hybridized carbons (Fsp3) is 0.385. The van der Waals surface area contributed by atoms with Crippen molar-refractivity contribution in [3.8, 4) is 0 Å². The van der Waals surface area contributed by atoms with Crippen LogP contribution in [0.1, 0.15) is 22.3 Å². The summed E-state index contributed by atoms with van der Waals surface area (Å²) in [5.74, 6) is 0.919. The molecule has 0 amide bonds. The SMILES string of the molecule is Cc1ccc(C(=O)CCSC(=S)N(C)C)cc1. The number of rotatable bonds is 4. The van der Waals surface area contributed by atoms with Crippen LogP contribution >= 0.6 is 24.0 Å². The van der Waals surface area contributed by atoms with Gasteiger partial charge in [-0.25, -0.2) is 0 Å². The fourth-order valence-electron chi connectivity index (χ4n) is 1.24. The lowest BCUT2D eigenvalue weighted by Gasteiger charge is -2.12. The van der Waals surface area contributed by atoms with Gasteiger partial charge in [0.2, 0.25) is 0 Å². The van der Waals surface area contributed by atoms with Gasteiger partial charge < -0.3 is 4.90 Å². The Labute approximate surface area is 112 Å². The smallest absolute Gasteiger partial charge is 0.163 e. The molecule has 92 valence electrons. The van der Waals surface area contributed by atoms with Gasteiger partial charge in [-0.3, -0.25) is 4.79 Å². The summed E-state index contributed by atoms with van der Waals surface area (Å²) in [6.07, 6.45) is 0.529. The van der Waals surface area contributed by atoms with Crippen LogP contribution < -0.4 is 0 Å². The summed E-state index contributed by atoms with van der Waals surface area (Å²) in [5.41, 5.74) is 1.96. The molecule has 0 fully saturated rings. The number of nitrogens with zero attached hydrogens (tertiary/aromatic N) is 1. The molecule has 0 aromatic heterocycles. The Morgan fingerprint density at radius 2 is 1.88 bits per heavy atom. The second-order valence-electron chi connectivity index (χ2n) is 4.05. The van der Waals surface area contributed by atoms with Gasteiger partial charge in [0.05, 0.1) is 0 Å². The van der Waals surface area contributed by atoms with Crippen molar-refractivity contribution in [3.63, 3.8) is 0 Å². The Hall–Kier alpha value is -0.870. The molecule has 2 nitrogen and oxygen atoms in total. The number of thioether (sulfide) groups is 1. The number of thiocarbonyl (C=S) groups is 1. The minimum absolute atomic E-state index is 0.180. The van der Waals surface area contributed by atoms with Gasteiger partial charge in [-0.1, -0.05) is 53.8 Å². The molecule has 17 heavy (non-hydrogen) atoms. The van der Waals surface area contributed by atoms with E-state index in [1.54, 1.807) is 11.8 Å². The number of aryl methyl sites for hydroxylation is 1. The average molecular weight is 267 g/mol. The van der Waals surface area contributed by atoms with Gasteiger partial charge >= 0.3 is 0 Å². The van der Waals surface area contributed by atoms with Crippen LogP contribution in [0.2, 0.25) is 0 Å². The van der Waals surface area contributed by atoms with Crippen LogP contribution in [0.4, 0.5) is 0 Å². The molecule has 0 bridgehead atoms. The normalized spacial score (nSPS) is 10.1. The molecule has 0 aliphatic rings. The van der Waals surface area contributed by atoms with E-state index >= 15 is 0 Å². The van der Waals surface area contributed by atoms with E-state index in [-0.39, 0.29) is 5.78 Å². The van der Waals surface area contributed by atoms with Crippen molar-refractivity contribution in [3.05, 3.63) is 35.4 Å². The van der Waals surface area contributed by atoms with Crippen LogP contribution in [0.15, 0.2) is 24.3 Å². The fourth-order valence-corrected chi connectivity index (χ4v) is 2.21. The number of ketones is 1. The first kappa shape index (κ1) is 14.2. The van der Waals surface area contributed by atoms with Crippen LogP contribution in [0.3, 0.4) is 0 Å². The van der Waals surface area contributed by atoms with E-state index in [1.807, 2.05) is 50.2 Å². The summed E-state index contributed by atoms with van der Waals surface area (Å²) in [7, 11) is 3.83. The summed E-state index contributed by atoms with van der Waals surface area (Å²) in [6.45, 7) is 2.01. The maximum Gasteiger partial charge on any atom is 0.163 e. The van der Waals surface area contributed by atoms with E-state index in [9.17, 15) is 4.79 Å². The molecule has 0 N–H and O–H groups in total. The summed E-state index contributed by atoms with van der Waals surface area (Å²) >= 11 is 6.69. The number of carbonyl (C=O) groups excluding carboxylic acids is 1. The van der Waals surface area contributed by atoms with Gasteiger partial charge in [-0.2, -0.15) is 0 Å². The monoisotopic (exact) mass is 267 g/mol. The molecule has 0 spiro atoms. The Balaban J connectivity index is 2.40. The van der Waals surface area contributed by atoms with Gasteiger partial charge in [-0.05, 0) is 6.92 Å². The lowest BCUT2D eigenvalue weighted by molar-refractivity contribution is 0.0989. The first-order chi connectivity index (χ1) is 8.00. The molecule has 0 saturated carbocycles. The van der Waals surface area contributed by atoms with Gasteiger partial charge in [0.1, 0.15) is 4.32 Å². The highest BCUT2D eigenvalue weighted by Gasteiger charge is 2.07. The van der Waals surface area contributed by atoms with Crippen LogP contribution in [0, 0.1) is 6.92 Å². The van der Waals surface area contributed by atoms with Gasteiger partial charge in [-0.15, -0.1) is 0 Å². The summed E-state index contributed by atoms with van der Waals surface area (Å²) < 4.78 is 0.821. The number of benzene rings is 1. The van der Waals surface area contributed by atoms with Crippen molar-refractivity contribution < 1.29 is 4.79 Å². The minimum atomic E-state index is 0.180. The van der Waals surface area contributed by atoms with Crippen molar-refractivity contribution in [1.29, 1.82) is 0 Å². The molecule has 0 aliphatic carbocycles. The molecule has 0 heterocycles. The Bertz CT molecular complexity index is 398. The third-order valence-electron chi connectivity index (χ3n) is 2.29. The first-order valence-electron chi connectivity index (χ1n) is 5.44. The Kier molecular flexibility index (Phi) is 5.65. The molecule has 1 rings (SSSR count). The number of carbonyl (C=O) groups is 1. The van der Waals surface area contributed by atoms with Gasteiger partial charge in [0, 0.05) is 31.8 Å². The van der Waals surface area contributed by atoms with Crippen molar-refractivity contribution in [2.75, 3.05) is 19.8 Å². The largest absolute Gasteiger partial charge is 0.364 e. The molecular formula is C13H17NOS2. The molecule has 1 aromatic rings. The zero-order valence-electron chi connectivity index (χ0n) is 10.4. The summed E-state index contributed by atoms with van der Waals surface area (Å²) in [6, 6.07) is 7.69. The van der Waals surface area contributed by atoms with E-state index in [0.717, 1.165) is 15.6 Å². The molecular weight excluding hydrogens is 250 g/mol. The molecule has 0 saturated heterocycles. The van der Waals surface area contributed by atoms with E-state index in [4.69, 9.17) is 12.2 Å². The lowest BCUT2D eigenvalue weighted by Crippen LogP contribution is -2.16. The molecule has 0 atom stereocenters. The van der Waals surface area contributed by atoms with E-state index < -0.39 is 0 Å². The second-order valence-corrected chi connectivity index (χ2v) is 5.78. The predicted octanol–water partition coefficient (Wildman–Crippen LogP) is 3.15. The number of Topliss-reactive ketones (excluding diaryl/α,β-unsaturated/α-hetero) is 1. The van der Waals surface area contributed by atoms with Crippen molar-refractivity contribution in [2.24, 2.45) is 0 Å². The Morgan fingerprint density at radius 1 is 1.29 bits per heavy atom. The van der Waals surface area contributed by atoms with Crippen LogP contribution in [0.25, 0.3) is 0 Å². The third kappa shape index (κ3) is 4.88. The zero-order chi connectivity index (χ0) is 12.8. The minimum Gasteiger partial charge on any atom is -0.364 e. The lowest BCUT2D eigenvalue weighted by atomic mass is 10.1. The predicted molar refractivity (Wildman–Crippen MR) is 78.9 cm³/mol. The molecule has 0 unspecified atom stereocenters. The van der Waals surface area contributed by atoms with Crippen molar-refractivity contribution >= 4 is 34.1 Å². The van der Waals surface area contributed by atoms with Gasteiger partial charge in [0.25, 0.3) is 0 Å². The van der Waals surface area contributed by atoms with Crippen molar-refractivity contribution in [1.82, 2.24) is 4.90 Å². The van der Waals surface area contributed by atoms with Crippen molar-refractivity contribution in [2.45, 2.75) is 13.3 Å². The maximum absolute atomic E-state index is 11.8. The van der Waals surface area contributed by atoms with E-state index in [2.05, 4.69) is 0 Å². The van der Waals surface area contributed by atoms with E-state index in [0.29, 0.717) is 6.42 Å². The van der Waals surface area contributed by atoms with E-state index in [1.165, 1.54) is 5.56 Å². The summed E-state index contributed by atoms with van der Waals surface area (Å²) in [4.78, 5) is 13.7. The Morgan fingerprint density at radius 3 is 2.41 bits per heavy atom. The van der Waals surface area contributed by atoms with Crippen LogP contribution in [-0.4, -0.2) is 34.9 Å². The average Bonchev–Trinajstić information content (AvgIpc) is 2.29. The quantitative estimate of drug-likeness (QED) is 0.616. The molecule has 0 aliphatic heterocycles. The highest BCUT2D eigenvalue weighted by molar-refractivity contribution is 8.22. The van der Waals surface area contributed by atoms with Gasteiger partial charge in [0.15, 0.2) is 5.78 Å². The zero-order valence-corrected chi connectivity index (χ0v) is 12.0. The molecule has 0 radical (unpaired) electrons. The number of hydrogen-bond acceptors (Lipinski definition) is 3. The third-order valence-corrected chi connectivity index (χ3v) is 4.03. The first-order valence-corrected chi connectivity index (χ1v) is 6.84. The topological polar surface area (TPSA) is 20.3 Å². The highest BCUT2D eigenvalue weighted by Crippen LogP contribution is 2.12.